The Morgan fingerprint density at radius 2 is 2.20 bits per heavy atom. The van der Waals surface area contributed by atoms with E-state index in [4.69, 9.17) is 22.1 Å². The van der Waals surface area contributed by atoms with Crippen LogP contribution < -0.4 is 10.5 Å². The van der Waals surface area contributed by atoms with Crippen molar-refractivity contribution >= 4 is 24.0 Å². The van der Waals surface area contributed by atoms with Gasteiger partial charge in [0.25, 0.3) is 0 Å². The number of hydrogen-bond acceptors (Lipinski definition) is 3. The molecule has 0 spiro atoms. The summed E-state index contributed by atoms with van der Waals surface area (Å²) in [4.78, 5) is 0. The molecular weight excluding hydrogens is 237 g/mol. The van der Waals surface area contributed by atoms with Crippen LogP contribution >= 0.6 is 24.0 Å². The zero-order chi connectivity index (χ0) is 10.1. The van der Waals surface area contributed by atoms with Crippen molar-refractivity contribution in [3.05, 3.63) is 28.8 Å². The third-order valence-corrected chi connectivity index (χ3v) is 2.64. The summed E-state index contributed by atoms with van der Waals surface area (Å²) in [5.41, 5.74) is 6.45. The maximum Gasteiger partial charge on any atom is 0.125 e. The van der Waals surface area contributed by atoms with Crippen LogP contribution in [0.15, 0.2) is 18.2 Å². The van der Waals surface area contributed by atoms with E-state index in [0.29, 0.717) is 29.4 Å². The Morgan fingerprint density at radius 3 is 2.93 bits per heavy atom. The molecule has 1 heterocycles. The number of aliphatic hydroxyl groups excluding tert-OH is 1. The van der Waals surface area contributed by atoms with Gasteiger partial charge in [0, 0.05) is 16.6 Å². The van der Waals surface area contributed by atoms with Gasteiger partial charge in [-0.05, 0) is 24.6 Å². The molecule has 5 heteroatoms. The Hall–Kier alpha value is -0.480. The molecule has 1 aliphatic heterocycles. The number of ether oxygens (including phenoxy) is 1. The molecule has 0 aromatic heterocycles. The third kappa shape index (κ3) is 2.55. The molecule has 2 unspecified atom stereocenters. The number of halogens is 2. The third-order valence-electron chi connectivity index (χ3n) is 2.40. The van der Waals surface area contributed by atoms with Crippen molar-refractivity contribution < 1.29 is 9.84 Å². The fourth-order valence-corrected chi connectivity index (χ4v) is 1.76. The van der Waals surface area contributed by atoms with Crippen molar-refractivity contribution in [3.8, 4) is 5.75 Å². The molecule has 0 saturated heterocycles. The minimum atomic E-state index is -0.689. The molecule has 0 aliphatic carbocycles. The monoisotopic (exact) mass is 249 g/mol. The molecule has 0 bridgehead atoms. The molecule has 84 valence electrons. The van der Waals surface area contributed by atoms with Crippen LogP contribution in [0.25, 0.3) is 0 Å². The summed E-state index contributed by atoms with van der Waals surface area (Å²) in [7, 11) is 0. The SMILES string of the molecule is Cl.NC1CCOc2ccc(Cl)cc2C1O. The van der Waals surface area contributed by atoms with Gasteiger partial charge in [-0.25, -0.2) is 0 Å². The number of aliphatic hydroxyl groups is 1. The topological polar surface area (TPSA) is 55.5 Å². The molecule has 3 N–H and O–H groups in total. The number of rotatable bonds is 0. The summed E-state index contributed by atoms with van der Waals surface area (Å²) in [5, 5.41) is 10.5. The van der Waals surface area contributed by atoms with Crippen molar-refractivity contribution in [3.63, 3.8) is 0 Å². The van der Waals surface area contributed by atoms with Gasteiger partial charge in [0.05, 0.1) is 12.7 Å². The molecule has 1 aliphatic rings. The summed E-state index contributed by atoms with van der Waals surface area (Å²) < 4.78 is 5.45. The van der Waals surface area contributed by atoms with E-state index in [-0.39, 0.29) is 18.4 Å². The Balaban J connectivity index is 0.00000112. The average molecular weight is 250 g/mol. The minimum Gasteiger partial charge on any atom is -0.493 e. The van der Waals surface area contributed by atoms with Gasteiger partial charge >= 0.3 is 0 Å². The van der Waals surface area contributed by atoms with Crippen LogP contribution in [0.5, 0.6) is 5.75 Å². The zero-order valence-electron chi connectivity index (χ0n) is 8.02. The molecule has 15 heavy (non-hydrogen) atoms. The molecule has 2 rings (SSSR count). The maximum atomic E-state index is 9.87. The second-order valence-corrected chi connectivity index (χ2v) is 3.86. The predicted molar refractivity (Wildman–Crippen MR) is 61.7 cm³/mol. The van der Waals surface area contributed by atoms with E-state index in [9.17, 15) is 5.11 Å². The Morgan fingerprint density at radius 1 is 1.47 bits per heavy atom. The Bertz CT molecular complexity index is 346. The van der Waals surface area contributed by atoms with Gasteiger partial charge in [-0.1, -0.05) is 11.6 Å². The van der Waals surface area contributed by atoms with E-state index < -0.39 is 6.10 Å². The number of nitrogens with two attached hydrogens (primary N) is 1. The molecule has 0 radical (unpaired) electrons. The van der Waals surface area contributed by atoms with Gasteiger partial charge in [0.2, 0.25) is 0 Å². The fourth-order valence-electron chi connectivity index (χ4n) is 1.58. The first kappa shape index (κ1) is 12.6. The molecule has 0 saturated carbocycles. The molecule has 0 fully saturated rings. The molecule has 2 atom stereocenters. The lowest BCUT2D eigenvalue weighted by molar-refractivity contribution is 0.145. The van der Waals surface area contributed by atoms with Crippen LogP contribution in [-0.2, 0) is 0 Å². The first-order valence-electron chi connectivity index (χ1n) is 4.54. The van der Waals surface area contributed by atoms with Gasteiger partial charge in [-0.2, -0.15) is 0 Å². The van der Waals surface area contributed by atoms with Gasteiger partial charge in [0.15, 0.2) is 0 Å². The van der Waals surface area contributed by atoms with Gasteiger partial charge in [-0.3, -0.25) is 0 Å². The quantitative estimate of drug-likeness (QED) is 0.739. The normalized spacial score (nSPS) is 24.5. The summed E-state index contributed by atoms with van der Waals surface area (Å²) in [6, 6.07) is 4.92. The van der Waals surface area contributed by atoms with Crippen LogP contribution in [0, 0.1) is 0 Å². The van der Waals surface area contributed by atoms with E-state index in [1.165, 1.54) is 0 Å². The molecule has 1 aromatic carbocycles. The van der Waals surface area contributed by atoms with Gasteiger partial charge in [0.1, 0.15) is 5.75 Å². The van der Waals surface area contributed by atoms with Crippen molar-refractivity contribution in [2.75, 3.05) is 6.61 Å². The van der Waals surface area contributed by atoms with Crippen LogP contribution in [0.4, 0.5) is 0 Å². The van der Waals surface area contributed by atoms with E-state index in [1.807, 2.05) is 0 Å². The maximum absolute atomic E-state index is 9.87. The van der Waals surface area contributed by atoms with Crippen molar-refractivity contribution in [1.29, 1.82) is 0 Å². The molecule has 0 amide bonds. The average Bonchev–Trinajstić information content (AvgIpc) is 2.30. The lowest BCUT2D eigenvalue weighted by Crippen LogP contribution is -2.28. The number of hydrogen-bond donors (Lipinski definition) is 2. The highest BCUT2D eigenvalue weighted by atomic mass is 35.5. The van der Waals surface area contributed by atoms with E-state index in [1.54, 1.807) is 18.2 Å². The van der Waals surface area contributed by atoms with Gasteiger partial charge < -0.3 is 15.6 Å². The van der Waals surface area contributed by atoms with Crippen LogP contribution in [0.2, 0.25) is 5.02 Å². The minimum absolute atomic E-state index is 0. The fraction of sp³-hybridized carbons (Fsp3) is 0.400. The lowest BCUT2D eigenvalue weighted by atomic mass is 10.0. The molecule has 1 aromatic rings. The first-order valence-corrected chi connectivity index (χ1v) is 4.92. The highest BCUT2D eigenvalue weighted by Crippen LogP contribution is 2.32. The Kier molecular flexibility index (Phi) is 4.22. The van der Waals surface area contributed by atoms with Crippen molar-refractivity contribution in [1.82, 2.24) is 0 Å². The summed E-state index contributed by atoms with van der Waals surface area (Å²) in [6.07, 6.45) is -0.0424. The van der Waals surface area contributed by atoms with Crippen molar-refractivity contribution in [2.24, 2.45) is 5.73 Å². The van der Waals surface area contributed by atoms with Crippen LogP contribution in [0.3, 0.4) is 0 Å². The summed E-state index contributed by atoms with van der Waals surface area (Å²) in [6.45, 7) is 0.535. The smallest absolute Gasteiger partial charge is 0.125 e. The van der Waals surface area contributed by atoms with Crippen LogP contribution in [0.1, 0.15) is 18.1 Å². The lowest BCUT2D eigenvalue weighted by Gasteiger charge is -2.15. The predicted octanol–water partition coefficient (Wildman–Crippen LogP) is 1.90. The van der Waals surface area contributed by atoms with E-state index in [2.05, 4.69) is 0 Å². The summed E-state index contributed by atoms with van der Waals surface area (Å²) in [5.74, 6) is 0.676. The first-order chi connectivity index (χ1) is 6.68. The largest absolute Gasteiger partial charge is 0.493 e. The number of fused-ring (bicyclic) bond motifs is 1. The number of benzene rings is 1. The van der Waals surface area contributed by atoms with Gasteiger partial charge in [-0.15, -0.1) is 12.4 Å². The van der Waals surface area contributed by atoms with E-state index >= 15 is 0 Å². The van der Waals surface area contributed by atoms with Crippen LogP contribution in [-0.4, -0.2) is 17.8 Å². The van der Waals surface area contributed by atoms with Crippen molar-refractivity contribution in [2.45, 2.75) is 18.6 Å². The molecular formula is C10H13Cl2NO2. The second-order valence-electron chi connectivity index (χ2n) is 3.43. The summed E-state index contributed by atoms with van der Waals surface area (Å²) >= 11 is 5.84. The zero-order valence-corrected chi connectivity index (χ0v) is 9.59. The Labute approximate surface area is 99.6 Å². The highest BCUT2D eigenvalue weighted by Gasteiger charge is 2.24. The second kappa shape index (κ2) is 5.03. The highest BCUT2D eigenvalue weighted by molar-refractivity contribution is 6.30. The standard InChI is InChI=1S/C10H12ClNO2.ClH/c11-6-1-2-9-7(5-6)10(13)8(12)3-4-14-9;/h1-2,5,8,10,13H,3-4,12H2;1H. The molecule has 3 nitrogen and oxygen atoms in total. The van der Waals surface area contributed by atoms with E-state index in [0.717, 1.165) is 0 Å².